The number of halogens is 2. The monoisotopic (exact) mass is 431 g/mol. The maximum atomic E-state index is 15.6. The molecule has 1 saturated carbocycles. The SMILES string of the molecule is O=C(O)c1cn(C2CC2)c2c(F)c(CC3CCN(N4CCCCC4)C3)c(F)cc2c1=O. The van der Waals surface area contributed by atoms with Crippen LogP contribution in [0.2, 0.25) is 0 Å². The molecule has 3 heterocycles. The van der Waals surface area contributed by atoms with E-state index in [0.29, 0.717) is 0 Å². The summed E-state index contributed by atoms with van der Waals surface area (Å²) >= 11 is 0. The molecule has 2 saturated heterocycles. The van der Waals surface area contributed by atoms with E-state index in [1.807, 2.05) is 0 Å². The molecular formula is C23H27F2N3O3. The highest BCUT2D eigenvalue weighted by Crippen LogP contribution is 2.38. The van der Waals surface area contributed by atoms with Crippen LogP contribution in [0, 0.1) is 17.6 Å². The van der Waals surface area contributed by atoms with Crippen LogP contribution in [0.15, 0.2) is 17.1 Å². The average molecular weight is 431 g/mol. The van der Waals surface area contributed by atoms with Gasteiger partial charge in [-0.2, -0.15) is 0 Å². The lowest BCUT2D eigenvalue weighted by atomic mass is 9.96. The Morgan fingerprint density at radius 1 is 1.06 bits per heavy atom. The number of pyridine rings is 1. The smallest absolute Gasteiger partial charge is 0.341 e. The van der Waals surface area contributed by atoms with Crippen LogP contribution in [0.5, 0.6) is 0 Å². The van der Waals surface area contributed by atoms with Gasteiger partial charge in [-0.05, 0) is 50.5 Å². The van der Waals surface area contributed by atoms with Crippen molar-refractivity contribution in [2.75, 3.05) is 26.2 Å². The summed E-state index contributed by atoms with van der Waals surface area (Å²) in [5.74, 6) is -2.71. The molecule has 2 aliphatic heterocycles. The van der Waals surface area contributed by atoms with Crippen molar-refractivity contribution in [1.82, 2.24) is 14.6 Å². The van der Waals surface area contributed by atoms with E-state index >= 15 is 4.39 Å². The predicted octanol–water partition coefficient (Wildman–Crippen LogP) is 3.58. The third kappa shape index (κ3) is 3.76. The molecule has 1 atom stereocenters. The van der Waals surface area contributed by atoms with E-state index < -0.39 is 28.6 Å². The van der Waals surface area contributed by atoms with Crippen LogP contribution in [0.3, 0.4) is 0 Å². The van der Waals surface area contributed by atoms with Gasteiger partial charge >= 0.3 is 5.97 Å². The third-order valence-electron chi connectivity index (χ3n) is 6.96. The lowest BCUT2D eigenvalue weighted by Crippen LogP contribution is -2.44. The highest BCUT2D eigenvalue weighted by atomic mass is 19.1. The number of nitrogens with zero attached hydrogens (tertiary/aromatic N) is 3. The molecule has 1 N–H and O–H groups in total. The maximum absolute atomic E-state index is 15.6. The number of piperidine rings is 1. The number of rotatable bonds is 5. The fourth-order valence-corrected chi connectivity index (χ4v) is 5.15. The van der Waals surface area contributed by atoms with Crippen LogP contribution in [0.4, 0.5) is 8.78 Å². The van der Waals surface area contributed by atoms with Crippen LogP contribution in [0.1, 0.15) is 60.5 Å². The van der Waals surface area contributed by atoms with Gasteiger partial charge in [0.2, 0.25) is 5.43 Å². The van der Waals surface area contributed by atoms with Crippen molar-refractivity contribution in [2.24, 2.45) is 5.92 Å². The van der Waals surface area contributed by atoms with Crippen molar-refractivity contribution in [3.63, 3.8) is 0 Å². The number of aromatic carboxylic acids is 1. The van der Waals surface area contributed by atoms with E-state index in [2.05, 4.69) is 10.0 Å². The first-order valence-electron chi connectivity index (χ1n) is 11.2. The van der Waals surface area contributed by atoms with Gasteiger partial charge in [0.05, 0.1) is 10.9 Å². The number of fused-ring (bicyclic) bond motifs is 1. The Morgan fingerprint density at radius 3 is 2.48 bits per heavy atom. The van der Waals surface area contributed by atoms with Gasteiger partial charge in [-0.1, -0.05) is 6.42 Å². The van der Waals surface area contributed by atoms with Gasteiger partial charge in [-0.25, -0.2) is 23.6 Å². The zero-order valence-electron chi connectivity index (χ0n) is 17.4. The van der Waals surface area contributed by atoms with E-state index in [0.717, 1.165) is 51.5 Å². The topological polar surface area (TPSA) is 65.8 Å². The summed E-state index contributed by atoms with van der Waals surface area (Å²) < 4.78 is 32.1. The second kappa shape index (κ2) is 7.98. The fourth-order valence-electron chi connectivity index (χ4n) is 5.15. The molecule has 3 aliphatic rings. The number of hydrogen-bond donors (Lipinski definition) is 1. The fraction of sp³-hybridized carbons (Fsp3) is 0.565. The van der Waals surface area contributed by atoms with Crippen molar-refractivity contribution in [2.45, 2.75) is 51.0 Å². The average Bonchev–Trinajstić information content (AvgIpc) is 3.50. The van der Waals surface area contributed by atoms with Gasteiger partial charge < -0.3 is 9.67 Å². The molecule has 8 heteroatoms. The van der Waals surface area contributed by atoms with Gasteiger partial charge in [0.1, 0.15) is 11.4 Å². The molecule has 166 valence electrons. The summed E-state index contributed by atoms with van der Waals surface area (Å²) in [5, 5.41) is 13.9. The van der Waals surface area contributed by atoms with Crippen molar-refractivity contribution in [3.05, 3.63) is 45.2 Å². The standard InChI is InChI=1S/C23H27F2N3O3/c24-19-11-17-21(28(15-4-5-15)13-18(22(17)29)23(30)31)20(25)16(19)10-14-6-9-27(12-14)26-7-2-1-3-8-26/h11,13-15H,1-10,12H2,(H,30,31). The van der Waals surface area contributed by atoms with E-state index in [-0.39, 0.29) is 34.8 Å². The highest BCUT2D eigenvalue weighted by Gasteiger charge is 2.32. The number of aromatic nitrogens is 1. The number of benzene rings is 1. The highest BCUT2D eigenvalue weighted by molar-refractivity contribution is 5.93. The Labute approximate surface area is 179 Å². The molecule has 2 aromatic rings. The zero-order valence-corrected chi connectivity index (χ0v) is 17.4. The van der Waals surface area contributed by atoms with Crippen LogP contribution in [0.25, 0.3) is 10.9 Å². The lowest BCUT2D eigenvalue weighted by molar-refractivity contribution is -0.0219. The number of hydrazine groups is 1. The molecule has 1 unspecified atom stereocenters. The molecule has 3 fully saturated rings. The first-order chi connectivity index (χ1) is 14.9. The number of carbonyl (C=O) groups is 1. The molecule has 31 heavy (non-hydrogen) atoms. The Morgan fingerprint density at radius 2 is 1.81 bits per heavy atom. The van der Waals surface area contributed by atoms with E-state index in [1.165, 1.54) is 30.0 Å². The van der Waals surface area contributed by atoms with Crippen LogP contribution >= 0.6 is 0 Å². The Hall–Kier alpha value is -2.32. The zero-order chi connectivity index (χ0) is 21.7. The summed E-state index contributed by atoms with van der Waals surface area (Å²) in [6.07, 6.45) is 7.58. The summed E-state index contributed by atoms with van der Waals surface area (Å²) in [4.78, 5) is 24.1. The van der Waals surface area contributed by atoms with Crippen LogP contribution < -0.4 is 5.43 Å². The van der Waals surface area contributed by atoms with Gasteiger partial charge in [0, 0.05) is 44.0 Å². The van der Waals surface area contributed by atoms with E-state index in [1.54, 1.807) is 0 Å². The van der Waals surface area contributed by atoms with E-state index in [4.69, 9.17) is 0 Å². The number of carboxylic acids is 1. The first-order valence-corrected chi connectivity index (χ1v) is 11.2. The van der Waals surface area contributed by atoms with Crippen LogP contribution in [-0.4, -0.2) is 51.8 Å². The predicted molar refractivity (Wildman–Crippen MR) is 112 cm³/mol. The second-order valence-electron chi connectivity index (χ2n) is 9.15. The maximum Gasteiger partial charge on any atom is 0.341 e. The van der Waals surface area contributed by atoms with Crippen LogP contribution in [-0.2, 0) is 6.42 Å². The normalized spacial score (nSPS) is 23.0. The first kappa shape index (κ1) is 20.6. The second-order valence-corrected chi connectivity index (χ2v) is 9.15. The summed E-state index contributed by atoms with van der Waals surface area (Å²) in [6.45, 7) is 3.77. The van der Waals surface area contributed by atoms with Gasteiger partial charge in [0.15, 0.2) is 5.82 Å². The van der Waals surface area contributed by atoms with Crippen molar-refractivity contribution >= 4 is 16.9 Å². The quantitative estimate of drug-likeness (QED) is 0.784. The minimum Gasteiger partial charge on any atom is -0.477 e. The lowest BCUT2D eigenvalue weighted by Gasteiger charge is -2.34. The van der Waals surface area contributed by atoms with Crippen molar-refractivity contribution in [1.29, 1.82) is 0 Å². The van der Waals surface area contributed by atoms with Gasteiger partial charge in [-0.15, -0.1) is 0 Å². The molecule has 1 aromatic heterocycles. The summed E-state index contributed by atoms with van der Waals surface area (Å²) in [5.41, 5.74) is -1.23. The summed E-state index contributed by atoms with van der Waals surface area (Å²) in [6, 6.07) is 0.994. The molecule has 0 spiro atoms. The molecule has 1 aromatic carbocycles. The van der Waals surface area contributed by atoms with Crippen molar-refractivity contribution < 1.29 is 18.7 Å². The third-order valence-corrected chi connectivity index (χ3v) is 6.96. The molecule has 6 nitrogen and oxygen atoms in total. The minimum atomic E-state index is -1.38. The van der Waals surface area contributed by atoms with E-state index in [9.17, 15) is 19.1 Å². The van der Waals surface area contributed by atoms with Gasteiger partial charge in [0.25, 0.3) is 0 Å². The Kier molecular flexibility index (Phi) is 5.30. The molecule has 0 amide bonds. The Balaban J connectivity index is 1.48. The van der Waals surface area contributed by atoms with Gasteiger partial charge in [-0.3, -0.25) is 4.79 Å². The molecule has 1 aliphatic carbocycles. The molecular weight excluding hydrogens is 404 g/mol. The largest absolute Gasteiger partial charge is 0.477 e. The minimum absolute atomic E-state index is 0.00914. The number of hydrogen-bond acceptors (Lipinski definition) is 4. The molecule has 5 rings (SSSR count). The Bertz CT molecular complexity index is 1090. The summed E-state index contributed by atoms with van der Waals surface area (Å²) in [7, 11) is 0. The number of carboxylic acid groups (broad SMARTS) is 1. The molecule has 0 radical (unpaired) electrons. The van der Waals surface area contributed by atoms with Crippen molar-refractivity contribution in [3.8, 4) is 0 Å². The molecule has 0 bridgehead atoms.